The van der Waals surface area contributed by atoms with Gasteiger partial charge in [0.05, 0.1) is 11.9 Å². The zero-order valence-electron chi connectivity index (χ0n) is 11.6. The van der Waals surface area contributed by atoms with Crippen LogP contribution in [-0.4, -0.2) is 10.9 Å². The van der Waals surface area contributed by atoms with E-state index in [0.717, 1.165) is 21.3 Å². The van der Waals surface area contributed by atoms with E-state index in [0.29, 0.717) is 16.9 Å². The first-order chi connectivity index (χ1) is 9.38. The summed E-state index contributed by atoms with van der Waals surface area (Å²) in [5.41, 5.74) is 10.6. The van der Waals surface area contributed by atoms with Crippen LogP contribution in [0.5, 0.6) is 0 Å². The van der Waals surface area contributed by atoms with Crippen LogP contribution < -0.4 is 11.1 Å². The third kappa shape index (κ3) is 2.99. The maximum atomic E-state index is 12.3. The van der Waals surface area contributed by atoms with Crippen LogP contribution in [0.15, 0.2) is 29.0 Å². The molecule has 0 aliphatic carbocycles. The Morgan fingerprint density at radius 2 is 1.85 bits per heavy atom. The van der Waals surface area contributed by atoms with Gasteiger partial charge in [0.2, 0.25) is 0 Å². The highest BCUT2D eigenvalue weighted by molar-refractivity contribution is 9.10. The first kappa shape index (κ1) is 14.5. The van der Waals surface area contributed by atoms with Gasteiger partial charge in [-0.25, -0.2) is 4.98 Å². The topological polar surface area (TPSA) is 68.0 Å². The number of anilines is 2. The van der Waals surface area contributed by atoms with Crippen molar-refractivity contribution in [2.75, 3.05) is 11.1 Å². The molecule has 2 aromatic rings. The van der Waals surface area contributed by atoms with Crippen LogP contribution in [0, 0.1) is 20.8 Å². The first-order valence-electron chi connectivity index (χ1n) is 6.18. The second-order valence-electron chi connectivity index (χ2n) is 4.81. The summed E-state index contributed by atoms with van der Waals surface area (Å²) in [6.07, 6.45) is 1.61. The quantitative estimate of drug-likeness (QED) is 0.651. The highest BCUT2D eigenvalue weighted by Gasteiger charge is 2.12. The summed E-state index contributed by atoms with van der Waals surface area (Å²) < 4.78 is 0.770. The monoisotopic (exact) mass is 333 g/mol. The molecular formula is C15H16BrN3O. The van der Waals surface area contributed by atoms with Crippen molar-refractivity contribution in [3.8, 4) is 0 Å². The van der Waals surface area contributed by atoms with Gasteiger partial charge in [-0.1, -0.05) is 6.07 Å². The Balaban J connectivity index is 2.28. The van der Waals surface area contributed by atoms with Crippen molar-refractivity contribution < 1.29 is 4.79 Å². The van der Waals surface area contributed by atoms with Gasteiger partial charge in [-0.05, 0) is 65.5 Å². The van der Waals surface area contributed by atoms with Crippen molar-refractivity contribution in [1.82, 2.24) is 4.98 Å². The van der Waals surface area contributed by atoms with E-state index in [-0.39, 0.29) is 5.91 Å². The van der Waals surface area contributed by atoms with Crippen molar-refractivity contribution in [1.29, 1.82) is 0 Å². The number of nitrogen functional groups attached to an aromatic ring is 1. The number of pyridine rings is 1. The Bertz CT molecular complexity index is 683. The fraction of sp³-hybridized carbons (Fsp3) is 0.200. The molecular weight excluding hydrogens is 318 g/mol. The summed E-state index contributed by atoms with van der Waals surface area (Å²) in [5.74, 6) is -0.183. The molecule has 3 N–H and O–H groups in total. The van der Waals surface area contributed by atoms with Crippen LogP contribution >= 0.6 is 15.9 Å². The summed E-state index contributed by atoms with van der Waals surface area (Å²) >= 11 is 3.33. The molecule has 20 heavy (non-hydrogen) atoms. The minimum Gasteiger partial charge on any atom is -0.398 e. The van der Waals surface area contributed by atoms with Gasteiger partial charge in [-0.2, -0.15) is 0 Å². The van der Waals surface area contributed by atoms with Gasteiger partial charge in [0.25, 0.3) is 5.91 Å². The highest BCUT2D eigenvalue weighted by atomic mass is 79.9. The molecule has 2 rings (SSSR count). The zero-order valence-corrected chi connectivity index (χ0v) is 13.2. The zero-order chi connectivity index (χ0) is 14.9. The predicted molar refractivity (Wildman–Crippen MR) is 85.0 cm³/mol. The average Bonchev–Trinajstić information content (AvgIpc) is 2.38. The molecule has 4 nitrogen and oxygen atoms in total. The molecule has 0 radical (unpaired) electrons. The van der Waals surface area contributed by atoms with Crippen molar-refractivity contribution >= 4 is 33.2 Å². The summed E-state index contributed by atoms with van der Waals surface area (Å²) in [7, 11) is 0. The molecule has 0 aliphatic rings. The predicted octanol–water partition coefficient (Wildman–Crippen LogP) is 3.60. The van der Waals surface area contributed by atoms with E-state index in [1.807, 2.05) is 32.9 Å². The highest BCUT2D eigenvalue weighted by Crippen LogP contribution is 2.21. The number of nitrogens with zero attached hydrogens (tertiary/aromatic N) is 1. The van der Waals surface area contributed by atoms with Crippen molar-refractivity contribution in [2.45, 2.75) is 20.8 Å². The summed E-state index contributed by atoms with van der Waals surface area (Å²) in [4.78, 5) is 16.4. The molecule has 104 valence electrons. The van der Waals surface area contributed by atoms with E-state index in [2.05, 4.69) is 26.2 Å². The summed E-state index contributed by atoms with van der Waals surface area (Å²) in [6, 6.07) is 5.48. The SMILES string of the molecule is Cc1cc(C)c(C(=O)Nc2cnc(Br)c(C)c2)cc1N. The van der Waals surface area contributed by atoms with E-state index in [4.69, 9.17) is 5.73 Å². The van der Waals surface area contributed by atoms with Crippen LogP contribution in [0.2, 0.25) is 0 Å². The first-order valence-corrected chi connectivity index (χ1v) is 6.98. The van der Waals surface area contributed by atoms with Crippen LogP contribution in [0.1, 0.15) is 27.0 Å². The minimum absolute atomic E-state index is 0.183. The Labute approximate surface area is 126 Å². The van der Waals surface area contributed by atoms with E-state index in [1.165, 1.54) is 0 Å². The van der Waals surface area contributed by atoms with E-state index < -0.39 is 0 Å². The molecule has 1 aromatic heterocycles. The minimum atomic E-state index is -0.183. The van der Waals surface area contributed by atoms with Crippen molar-refractivity contribution in [3.63, 3.8) is 0 Å². The Morgan fingerprint density at radius 3 is 2.50 bits per heavy atom. The lowest BCUT2D eigenvalue weighted by Crippen LogP contribution is -2.14. The van der Waals surface area contributed by atoms with Gasteiger partial charge >= 0.3 is 0 Å². The number of hydrogen-bond acceptors (Lipinski definition) is 3. The van der Waals surface area contributed by atoms with Crippen LogP contribution in [0.3, 0.4) is 0 Å². The third-order valence-electron chi connectivity index (χ3n) is 3.13. The van der Waals surface area contributed by atoms with E-state index >= 15 is 0 Å². The lowest BCUT2D eigenvalue weighted by molar-refractivity contribution is 0.102. The summed E-state index contributed by atoms with van der Waals surface area (Å²) in [5, 5.41) is 2.84. The maximum Gasteiger partial charge on any atom is 0.256 e. The molecule has 0 spiro atoms. The summed E-state index contributed by atoms with van der Waals surface area (Å²) in [6.45, 7) is 5.74. The van der Waals surface area contributed by atoms with Crippen molar-refractivity contribution in [2.24, 2.45) is 0 Å². The standard InChI is InChI=1S/C15H16BrN3O/c1-8-4-9(2)13(17)6-12(8)15(20)19-11-5-10(3)14(16)18-7-11/h4-7H,17H2,1-3H3,(H,19,20). The molecule has 1 amide bonds. The molecule has 0 bridgehead atoms. The molecule has 1 heterocycles. The molecule has 0 atom stereocenters. The Morgan fingerprint density at radius 1 is 1.15 bits per heavy atom. The molecule has 1 aromatic carbocycles. The maximum absolute atomic E-state index is 12.3. The average molecular weight is 334 g/mol. The Hall–Kier alpha value is -1.88. The smallest absolute Gasteiger partial charge is 0.256 e. The number of halogens is 1. The second kappa shape index (κ2) is 5.63. The normalized spacial score (nSPS) is 10.4. The lowest BCUT2D eigenvalue weighted by atomic mass is 10.0. The number of aromatic nitrogens is 1. The van der Waals surface area contributed by atoms with Crippen molar-refractivity contribution in [3.05, 3.63) is 51.3 Å². The fourth-order valence-electron chi connectivity index (χ4n) is 1.94. The number of aryl methyl sites for hydroxylation is 3. The third-order valence-corrected chi connectivity index (χ3v) is 3.96. The van der Waals surface area contributed by atoms with Gasteiger partial charge in [-0.15, -0.1) is 0 Å². The number of carbonyl (C=O) groups excluding carboxylic acids is 1. The van der Waals surface area contributed by atoms with Crippen LogP contribution in [-0.2, 0) is 0 Å². The Kier molecular flexibility index (Phi) is 4.09. The molecule has 0 fully saturated rings. The number of nitrogens with two attached hydrogens (primary N) is 1. The molecule has 0 aliphatic heterocycles. The van der Waals surface area contributed by atoms with Gasteiger partial charge < -0.3 is 11.1 Å². The van der Waals surface area contributed by atoms with Crippen LogP contribution in [0.25, 0.3) is 0 Å². The largest absolute Gasteiger partial charge is 0.398 e. The number of rotatable bonds is 2. The van der Waals surface area contributed by atoms with Gasteiger partial charge in [0, 0.05) is 11.3 Å². The van der Waals surface area contributed by atoms with E-state index in [1.54, 1.807) is 12.3 Å². The van der Waals surface area contributed by atoms with E-state index in [9.17, 15) is 4.79 Å². The lowest BCUT2D eigenvalue weighted by Gasteiger charge is -2.11. The number of nitrogens with one attached hydrogen (secondary N) is 1. The number of hydrogen-bond donors (Lipinski definition) is 2. The number of carbonyl (C=O) groups is 1. The molecule has 0 saturated heterocycles. The molecule has 0 saturated carbocycles. The van der Waals surface area contributed by atoms with Gasteiger partial charge in [-0.3, -0.25) is 4.79 Å². The fourth-order valence-corrected chi connectivity index (χ4v) is 2.16. The van der Waals surface area contributed by atoms with Crippen LogP contribution in [0.4, 0.5) is 11.4 Å². The second-order valence-corrected chi connectivity index (χ2v) is 5.56. The molecule has 0 unspecified atom stereocenters. The van der Waals surface area contributed by atoms with Gasteiger partial charge in [0.15, 0.2) is 0 Å². The number of benzene rings is 1. The van der Waals surface area contributed by atoms with Gasteiger partial charge in [0.1, 0.15) is 4.60 Å². The molecule has 5 heteroatoms. The number of amides is 1.